The van der Waals surface area contributed by atoms with E-state index >= 15 is 0 Å². The molecule has 1 aromatic rings. The number of benzene rings is 1. The van der Waals surface area contributed by atoms with Crippen LogP contribution in [0.2, 0.25) is 0 Å². The van der Waals surface area contributed by atoms with Crippen LogP contribution in [0.25, 0.3) is 0 Å². The first-order chi connectivity index (χ1) is 7.59. The van der Waals surface area contributed by atoms with Gasteiger partial charge in [-0.25, -0.2) is 0 Å². The molecule has 0 fully saturated rings. The molecule has 0 aliphatic rings. The first-order valence-corrected chi connectivity index (χ1v) is 5.20. The topological polar surface area (TPSA) is 46.5 Å². The molecule has 0 radical (unpaired) electrons. The predicted molar refractivity (Wildman–Crippen MR) is 62.7 cm³/mol. The van der Waals surface area contributed by atoms with Crippen LogP contribution >= 0.6 is 0 Å². The Morgan fingerprint density at radius 2 is 2.00 bits per heavy atom. The largest absolute Gasteiger partial charge is 0.508 e. The van der Waals surface area contributed by atoms with Crippen LogP contribution in [0.3, 0.4) is 0 Å². The summed E-state index contributed by atoms with van der Waals surface area (Å²) < 4.78 is 5.40. The minimum Gasteiger partial charge on any atom is -0.508 e. The summed E-state index contributed by atoms with van der Waals surface area (Å²) in [6.07, 6.45) is 1.14. The molecule has 0 amide bonds. The van der Waals surface area contributed by atoms with Gasteiger partial charge in [-0.05, 0) is 43.2 Å². The third kappa shape index (κ3) is 4.17. The van der Waals surface area contributed by atoms with E-state index in [0.717, 1.165) is 0 Å². The number of hydrogen-bond donors (Lipinski definition) is 1. The van der Waals surface area contributed by atoms with E-state index in [0.29, 0.717) is 30.8 Å². The molecular weight excluding hydrogens is 204 g/mol. The van der Waals surface area contributed by atoms with Crippen LogP contribution in [-0.2, 0) is 4.79 Å². The van der Waals surface area contributed by atoms with Crippen LogP contribution < -0.4 is 4.74 Å². The standard InChI is InChI=1S/C13H16O3/c1-10(2)13(15)4-3-9-16-12-7-5-11(14)6-8-12/h5-8,14H,1,3-4,9H2,2H3. The van der Waals surface area contributed by atoms with E-state index in [4.69, 9.17) is 9.84 Å². The number of carbonyl (C=O) groups is 1. The maximum absolute atomic E-state index is 11.2. The molecular formula is C13H16O3. The van der Waals surface area contributed by atoms with E-state index in [1.807, 2.05) is 0 Å². The van der Waals surface area contributed by atoms with E-state index in [9.17, 15) is 4.79 Å². The summed E-state index contributed by atoms with van der Waals surface area (Å²) in [6.45, 7) is 5.78. The molecule has 3 nitrogen and oxygen atoms in total. The van der Waals surface area contributed by atoms with Crippen LogP contribution in [0.1, 0.15) is 19.8 Å². The minimum absolute atomic E-state index is 0.0781. The fraction of sp³-hybridized carbons (Fsp3) is 0.308. The first kappa shape index (κ1) is 12.3. The molecule has 0 heterocycles. The quantitative estimate of drug-likeness (QED) is 0.592. The molecule has 16 heavy (non-hydrogen) atoms. The van der Waals surface area contributed by atoms with Crippen LogP contribution in [0, 0.1) is 0 Å². The van der Waals surface area contributed by atoms with Crippen LogP contribution in [0.15, 0.2) is 36.4 Å². The van der Waals surface area contributed by atoms with Gasteiger partial charge in [-0.15, -0.1) is 0 Å². The van der Waals surface area contributed by atoms with Crippen molar-refractivity contribution in [1.29, 1.82) is 0 Å². The summed E-state index contributed by atoms with van der Waals surface area (Å²) in [6, 6.07) is 6.51. The second-order valence-corrected chi connectivity index (χ2v) is 3.65. The number of ketones is 1. The van der Waals surface area contributed by atoms with Crippen molar-refractivity contribution in [3.05, 3.63) is 36.4 Å². The molecule has 86 valence electrons. The number of aromatic hydroxyl groups is 1. The van der Waals surface area contributed by atoms with Gasteiger partial charge in [0, 0.05) is 6.42 Å². The van der Waals surface area contributed by atoms with Gasteiger partial charge in [-0.2, -0.15) is 0 Å². The highest BCUT2D eigenvalue weighted by Crippen LogP contribution is 2.16. The average Bonchev–Trinajstić information content (AvgIpc) is 2.26. The first-order valence-electron chi connectivity index (χ1n) is 5.20. The van der Waals surface area contributed by atoms with Gasteiger partial charge < -0.3 is 9.84 Å². The Kier molecular flexibility index (Phi) is 4.58. The van der Waals surface area contributed by atoms with Crippen molar-refractivity contribution in [2.75, 3.05) is 6.61 Å². The lowest BCUT2D eigenvalue weighted by atomic mass is 10.1. The lowest BCUT2D eigenvalue weighted by molar-refractivity contribution is -0.115. The number of allylic oxidation sites excluding steroid dienone is 1. The van der Waals surface area contributed by atoms with Crippen molar-refractivity contribution in [3.8, 4) is 11.5 Å². The summed E-state index contributed by atoms with van der Waals surface area (Å²) in [5.74, 6) is 0.986. The summed E-state index contributed by atoms with van der Waals surface area (Å²) in [7, 11) is 0. The molecule has 0 aliphatic carbocycles. The maximum atomic E-state index is 11.2. The normalized spacial score (nSPS) is 9.81. The highest BCUT2D eigenvalue weighted by atomic mass is 16.5. The minimum atomic E-state index is 0.0781. The number of hydrogen-bond acceptors (Lipinski definition) is 3. The van der Waals surface area contributed by atoms with Gasteiger partial charge in [-0.3, -0.25) is 4.79 Å². The Labute approximate surface area is 95.4 Å². The Morgan fingerprint density at radius 1 is 1.38 bits per heavy atom. The van der Waals surface area contributed by atoms with Gasteiger partial charge in [0.1, 0.15) is 11.5 Å². The zero-order valence-electron chi connectivity index (χ0n) is 9.40. The number of phenols is 1. The second-order valence-electron chi connectivity index (χ2n) is 3.65. The monoisotopic (exact) mass is 220 g/mol. The molecule has 0 bridgehead atoms. The Bertz CT molecular complexity index is 365. The third-order valence-electron chi connectivity index (χ3n) is 2.13. The van der Waals surface area contributed by atoms with Crippen molar-refractivity contribution in [1.82, 2.24) is 0 Å². The van der Waals surface area contributed by atoms with Crippen molar-refractivity contribution >= 4 is 5.78 Å². The van der Waals surface area contributed by atoms with Gasteiger partial charge in [0.2, 0.25) is 0 Å². The third-order valence-corrected chi connectivity index (χ3v) is 2.13. The number of phenolic OH excluding ortho intramolecular Hbond substituents is 1. The number of ether oxygens (including phenoxy) is 1. The Hall–Kier alpha value is -1.77. The molecule has 1 rings (SSSR count). The van der Waals surface area contributed by atoms with Crippen LogP contribution in [0.5, 0.6) is 11.5 Å². The van der Waals surface area contributed by atoms with Crippen molar-refractivity contribution < 1.29 is 14.6 Å². The summed E-state index contributed by atoms with van der Waals surface area (Å²) in [5.41, 5.74) is 0.588. The summed E-state index contributed by atoms with van der Waals surface area (Å²) in [5, 5.41) is 9.05. The molecule has 3 heteroatoms. The zero-order chi connectivity index (χ0) is 12.0. The SMILES string of the molecule is C=C(C)C(=O)CCCOc1ccc(O)cc1. The fourth-order valence-corrected chi connectivity index (χ4v) is 1.18. The van der Waals surface area contributed by atoms with Gasteiger partial charge in [-0.1, -0.05) is 6.58 Å². The predicted octanol–water partition coefficient (Wildman–Crippen LogP) is 2.70. The summed E-state index contributed by atoms with van der Waals surface area (Å²) >= 11 is 0. The van der Waals surface area contributed by atoms with Crippen LogP contribution in [-0.4, -0.2) is 17.5 Å². The van der Waals surface area contributed by atoms with Crippen molar-refractivity contribution in [2.45, 2.75) is 19.8 Å². The van der Waals surface area contributed by atoms with Gasteiger partial charge in [0.05, 0.1) is 6.61 Å². The lowest BCUT2D eigenvalue weighted by Gasteiger charge is -2.05. The molecule has 1 aromatic carbocycles. The molecule has 0 unspecified atom stereocenters. The molecule has 0 saturated heterocycles. The second kappa shape index (κ2) is 5.95. The number of rotatable bonds is 6. The van der Waals surface area contributed by atoms with E-state index in [1.54, 1.807) is 31.2 Å². The van der Waals surface area contributed by atoms with Gasteiger partial charge in [0.25, 0.3) is 0 Å². The van der Waals surface area contributed by atoms with E-state index in [-0.39, 0.29) is 11.5 Å². The molecule has 0 aliphatic heterocycles. The van der Waals surface area contributed by atoms with Crippen LogP contribution in [0.4, 0.5) is 0 Å². The van der Waals surface area contributed by atoms with E-state index in [1.165, 1.54) is 0 Å². The molecule has 0 aromatic heterocycles. The van der Waals surface area contributed by atoms with E-state index < -0.39 is 0 Å². The molecule has 0 spiro atoms. The summed E-state index contributed by atoms with van der Waals surface area (Å²) in [4.78, 5) is 11.2. The van der Waals surface area contributed by atoms with Gasteiger partial charge >= 0.3 is 0 Å². The maximum Gasteiger partial charge on any atom is 0.158 e. The smallest absolute Gasteiger partial charge is 0.158 e. The average molecular weight is 220 g/mol. The fourth-order valence-electron chi connectivity index (χ4n) is 1.18. The number of carbonyl (C=O) groups excluding carboxylic acids is 1. The lowest BCUT2D eigenvalue weighted by Crippen LogP contribution is -2.03. The molecule has 0 saturated carbocycles. The van der Waals surface area contributed by atoms with Crippen molar-refractivity contribution in [3.63, 3.8) is 0 Å². The number of Topliss-reactive ketones (excluding diaryl/α,β-unsaturated/α-hetero) is 1. The highest BCUT2D eigenvalue weighted by Gasteiger charge is 2.02. The highest BCUT2D eigenvalue weighted by molar-refractivity contribution is 5.93. The van der Waals surface area contributed by atoms with Gasteiger partial charge in [0.15, 0.2) is 5.78 Å². The Morgan fingerprint density at radius 3 is 2.56 bits per heavy atom. The van der Waals surface area contributed by atoms with Crippen molar-refractivity contribution in [2.24, 2.45) is 0 Å². The van der Waals surface area contributed by atoms with E-state index in [2.05, 4.69) is 6.58 Å². The Balaban J connectivity index is 2.23. The molecule has 0 atom stereocenters. The zero-order valence-corrected chi connectivity index (χ0v) is 9.40. The molecule has 1 N–H and O–H groups in total.